The Kier molecular flexibility index (Phi) is 6.88. The first-order valence-corrected chi connectivity index (χ1v) is 8.02. The number of hydrogen-bond acceptors (Lipinski definition) is 5. The maximum absolute atomic E-state index is 13.6. The zero-order valence-electron chi connectivity index (χ0n) is 14.2. The van der Waals surface area contributed by atoms with Gasteiger partial charge in [-0.05, 0) is 13.1 Å². The van der Waals surface area contributed by atoms with Crippen LogP contribution in [0.4, 0.5) is 14.5 Å². The molecule has 1 fully saturated rings. The van der Waals surface area contributed by atoms with Crippen LogP contribution >= 0.6 is 0 Å². The predicted molar refractivity (Wildman–Crippen MR) is 93.3 cm³/mol. The van der Waals surface area contributed by atoms with Gasteiger partial charge in [0.05, 0.1) is 16.6 Å². The van der Waals surface area contributed by atoms with E-state index in [0.717, 1.165) is 13.1 Å². The number of ketones is 1. The molecule has 0 amide bonds. The van der Waals surface area contributed by atoms with Crippen molar-refractivity contribution in [2.24, 2.45) is 0 Å². The molecule has 0 saturated carbocycles. The van der Waals surface area contributed by atoms with Crippen molar-refractivity contribution < 1.29 is 18.5 Å². The second-order valence-electron chi connectivity index (χ2n) is 5.79. The Morgan fingerprint density at radius 2 is 1.73 bits per heavy atom. The third kappa shape index (κ3) is 5.14. The van der Waals surface area contributed by atoms with Crippen LogP contribution in [0.5, 0.6) is 0 Å². The van der Waals surface area contributed by atoms with E-state index in [0.29, 0.717) is 12.1 Å². The van der Waals surface area contributed by atoms with Crippen molar-refractivity contribution in [1.82, 2.24) is 10.2 Å². The van der Waals surface area contributed by atoms with Crippen molar-refractivity contribution in [3.8, 4) is 0 Å². The molecule has 1 aliphatic rings. The first-order valence-electron chi connectivity index (χ1n) is 8.02. The molecule has 8 heteroatoms. The quantitative estimate of drug-likeness (QED) is 0.515. The second kappa shape index (κ2) is 9.12. The Labute approximate surface area is 149 Å². The fourth-order valence-corrected chi connectivity index (χ4v) is 2.37. The summed E-state index contributed by atoms with van der Waals surface area (Å²) in [5.41, 5.74) is -1.36. The predicted octanol–water partition coefficient (Wildman–Crippen LogP) is 2.63. The molecular weight excluding hydrogens is 344 g/mol. The molecular formula is C18H19F2N3O3. The van der Waals surface area contributed by atoms with E-state index >= 15 is 0 Å². The number of nitrogens with one attached hydrogen (secondary N) is 1. The summed E-state index contributed by atoms with van der Waals surface area (Å²) >= 11 is 0. The molecule has 0 bridgehead atoms. The third-order valence-corrected chi connectivity index (χ3v) is 3.85. The molecule has 3 rings (SSSR count). The molecule has 1 N–H and O–H groups in total. The van der Waals surface area contributed by atoms with Gasteiger partial charge < -0.3 is 10.2 Å². The molecule has 0 unspecified atom stereocenters. The Morgan fingerprint density at radius 3 is 2.23 bits per heavy atom. The van der Waals surface area contributed by atoms with Crippen LogP contribution < -0.4 is 5.32 Å². The van der Waals surface area contributed by atoms with Crippen LogP contribution in [0.25, 0.3) is 0 Å². The molecule has 0 aromatic heterocycles. The van der Waals surface area contributed by atoms with Crippen LogP contribution in [-0.2, 0) is 0 Å². The van der Waals surface area contributed by atoms with Gasteiger partial charge in [0.25, 0.3) is 0 Å². The molecule has 1 saturated heterocycles. The normalized spacial score (nSPS) is 14.3. The number of carbonyl (C=O) groups is 1. The lowest BCUT2D eigenvalue weighted by Gasteiger charge is -2.21. The molecule has 1 aliphatic heterocycles. The van der Waals surface area contributed by atoms with Crippen molar-refractivity contribution in [2.75, 3.05) is 33.2 Å². The standard InChI is InChI=1S/C13H7F2NO3.C5H12N2/c14-10-7-12(16(18)19)11(15)6-9(10)13(17)8-4-2-1-3-5-8;1-7-4-2-6-3-5-7/h1-7H;6H,2-5H2,1H3. The smallest absolute Gasteiger partial charge is 0.307 e. The van der Waals surface area contributed by atoms with Crippen LogP contribution in [-0.4, -0.2) is 48.8 Å². The van der Waals surface area contributed by atoms with E-state index in [2.05, 4.69) is 17.3 Å². The van der Waals surface area contributed by atoms with Gasteiger partial charge in [0.15, 0.2) is 5.78 Å². The van der Waals surface area contributed by atoms with E-state index in [1.54, 1.807) is 18.2 Å². The average molecular weight is 363 g/mol. The number of benzene rings is 2. The summed E-state index contributed by atoms with van der Waals surface area (Å²) in [5.74, 6) is -3.10. The topological polar surface area (TPSA) is 75.5 Å². The number of rotatable bonds is 3. The average Bonchev–Trinajstić information content (AvgIpc) is 2.64. The van der Waals surface area contributed by atoms with Crippen molar-refractivity contribution in [1.29, 1.82) is 0 Å². The number of nitro benzene ring substituents is 1. The first kappa shape index (κ1) is 19.6. The minimum absolute atomic E-state index is 0.176. The highest BCUT2D eigenvalue weighted by Gasteiger charge is 2.22. The van der Waals surface area contributed by atoms with Gasteiger partial charge in [-0.1, -0.05) is 30.3 Å². The van der Waals surface area contributed by atoms with E-state index in [9.17, 15) is 23.7 Å². The van der Waals surface area contributed by atoms with Gasteiger partial charge in [0, 0.05) is 31.7 Å². The zero-order valence-corrected chi connectivity index (χ0v) is 14.2. The lowest BCUT2D eigenvalue weighted by atomic mass is 10.0. The van der Waals surface area contributed by atoms with E-state index in [1.807, 2.05) is 0 Å². The largest absolute Gasteiger partial charge is 0.314 e. The molecule has 0 atom stereocenters. The molecule has 6 nitrogen and oxygen atoms in total. The molecule has 2 aromatic carbocycles. The maximum atomic E-state index is 13.6. The zero-order chi connectivity index (χ0) is 19.1. The van der Waals surface area contributed by atoms with E-state index in [4.69, 9.17) is 0 Å². The number of hydrogen-bond donors (Lipinski definition) is 1. The van der Waals surface area contributed by atoms with Gasteiger partial charge in [-0.2, -0.15) is 4.39 Å². The lowest BCUT2D eigenvalue weighted by Crippen LogP contribution is -2.40. The lowest BCUT2D eigenvalue weighted by molar-refractivity contribution is -0.387. The van der Waals surface area contributed by atoms with Gasteiger partial charge in [-0.15, -0.1) is 0 Å². The van der Waals surface area contributed by atoms with Crippen molar-refractivity contribution in [3.63, 3.8) is 0 Å². The van der Waals surface area contributed by atoms with Gasteiger partial charge in [0.1, 0.15) is 5.82 Å². The molecule has 2 aromatic rings. The van der Waals surface area contributed by atoms with Crippen LogP contribution in [0.1, 0.15) is 15.9 Å². The number of likely N-dealkylation sites (N-methyl/N-ethyl adjacent to an activating group) is 1. The van der Waals surface area contributed by atoms with Crippen LogP contribution in [0.15, 0.2) is 42.5 Å². The van der Waals surface area contributed by atoms with E-state index in [-0.39, 0.29) is 5.56 Å². The number of nitro groups is 1. The van der Waals surface area contributed by atoms with Gasteiger partial charge in [-0.25, -0.2) is 4.39 Å². The maximum Gasteiger partial charge on any atom is 0.307 e. The van der Waals surface area contributed by atoms with Gasteiger partial charge in [-0.3, -0.25) is 14.9 Å². The Hall–Kier alpha value is -2.71. The number of halogens is 2. The highest BCUT2D eigenvalue weighted by Crippen LogP contribution is 2.23. The summed E-state index contributed by atoms with van der Waals surface area (Å²) in [6, 6.07) is 8.67. The SMILES string of the molecule is CN1CCNCC1.O=C(c1ccccc1)c1cc(F)c([N+](=O)[O-])cc1F. The number of piperazine rings is 1. The summed E-state index contributed by atoms with van der Waals surface area (Å²) in [6.07, 6.45) is 0. The fraction of sp³-hybridized carbons (Fsp3) is 0.278. The minimum Gasteiger partial charge on any atom is -0.314 e. The summed E-state index contributed by atoms with van der Waals surface area (Å²) in [4.78, 5) is 23.6. The monoisotopic (exact) mass is 363 g/mol. The Balaban J connectivity index is 0.000000290. The summed E-state index contributed by atoms with van der Waals surface area (Å²) in [6.45, 7) is 4.74. The number of nitrogens with zero attached hydrogens (tertiary/aromatic N) is 2. The van der Waals surface area contributed by atoms with Crippen molar-refractivity contribution in [2.45, 2.75) is 0 Å². The first-order chi connectivity index (χ1) is 12.4. The molecule has 0 spiro atoms. The highest BCUT2D eigenvalue weighted by molar-refractivity contribution is 6.09. The molecule has 138 valence electrons. The van der Waals surface area contributed by atoms with Crippen LogP contribution in [0.3, 0.4) is 0 Å². The fourth-order valence-electron chi connectivity index (χ4n) is 2.37. The highest BCUT2D eigenvalue weighted by atomic mass is 19.1. The third-order valence-electron chi connectivity index (χ3n) is 3.85. The molecule has 0 radical (unpaired) electrons. The van der Waals surface area contributed by atoms with E-state index in [1.165, 1.54) is 25.2 Å². The van der Waals surface area contributed by atoms with Crippen LogP contribution in [0, 0.1) is 21.7 Å². The minimum atomic E-state index is -1.24. The van der Waals surface area contributed by atoms with Crippen molar-refractivity contribution in [3.05, 3.63) is 75.3 Å². The van der Waals surface area contributed by atoms with Crippen LogP contribution in [0.2, 0.25) is 0 Å². The summed E-state index contributed by atoms with van der Waals surface area (Å²) < 4.78 is 27.0. The number of carbonyl (C=O) groups excluding carboxylic acids is 1. The Bertz CT molecular complexity index is 779. The molecule has 26 heavy (non-hydrogen) atoms. The molecule has 0 aliphatic carbocycles. The molecule has 1 heterocycles. The van der Waals surface area contributed by atoms with Gasteiger partial charge >= 0.3 is 5.69 Å². The summed E-state index contributed by atoms with van der Waals surface area (Å²) in [7, 11) is 2.15. The Morgan fingerprint density at radius 1 is 1.12 bits per heavy atom. The van der Waals surface area contributed by atoms with Gasteiger partial charge in [0.2, 0.25) is 5.82 Å². The van der Waals surface area contributed by atoms with Crippen molar-refractivity contribution >= 4 is 11.5 Å². The second-order valence-corrected chi connectivity index (χ2v) is 5.79. The van der Waals surface area contributed by atoms with E-state index < -0.39 is 33.6 Å². The summed E-state index contributed by atoms with van der Waals surface area (Å²) in [5, 5.41) is 13.7.